The van der Waals surface area contributed by atoms with E-state index in [2.05, 4.69) is 33.5 Å². The van der Waals surface area contributed by atoms with Crippen molar-refractivity contribution in [3.8, 4) is 22.7 Å². The number of rotatable bonds is 6. The first-order valence-electron chi connectivity index (χ1n) is 10.7. The molecule has 1 amide bonds. The van der Waals surface area contributed by atoms with Crippen molar-refractivity contribution < 1.29 is 9.53 Å². The van der Waals surface area contributed by atoms with Crippen LogP contribution in [0.2, 0.25) is 0 Å². The highest BCUT2D eigenvalue weighted by Gasteiger charge is 2.30. The van der Waals surface area contributed by atoms with Gasteiger partial charge >= 0.3 is 0 Å². The Morgan fingerprint density at radius 3 is 2.74 bits per heavy atom. The fourth-order valence-corrected chi connectivity index (χ4v) is 4.63. The number of aromatic amines is 1. The standard InChI is InChI=1S/C24H29N5O2/c1-15-22(17-8-10-20(31-4)11-9-17)28-24(29(15)21-12-13-26-23(21)25-3)18-6-5-7-19(14-18)27-16(2)30/h8-13,18-19,26H,3,5-7,14H2,1-2,4H3,(H,27,30). The van der Waals surface area contributed by atoms with E-state index in [1.165, 1.54) is 0 Å². The molecule has 4 rings (SSSR count). The van der Waals surface area contributed by atoms with Crippen LogP contribution in [0.4, 0.5) is 5.82 Å². The molecule has 2 heterocycles. The molecule has 1 aliphatic carbocycles. The van der Waals surface area contributed by atoms with Crippen LogP contribution in [-0.4, -0.2) is 40.3 Å². The van der Waals surface area contributed by atoms with Crippen molar-refractivity contribution >= 4 is 18.4 Å². The molecule has 2 N–H and O–H groups in total. The number of imidazole rings is 1. The van der Waals surface area contributed by atoms with E-state index in [-0.39, 0.29) is 17.9 Å². The van der Waals surface area contributed by atoms with Crippen LogP contribution in [0.5, 0.6) is 5.75 Å². The molecule has 1 aromatic carbocycles. The molecule has 0 bridgehead atoms. The number of carbonyl (C=O) groups is 1. The van der Waals surface area contributed by atoms with Crippen LogP contribution in [-0.2, 0) is 4.79 Å². The van der Waals surface area contributed by atoms with Crippen molar-refractivity contribution in [1.82, 2.24) is 19.9 Å². The summed E-state index contributed by atoms with van der Waals surface area (Å²) < 4.78 is 7.50. The fraction of sp³-hybridized carbons (Fsp3) is 0.375. The Hall–Kier alpha value is -3.35. The van der Waals surface area contributed by atoms with Gasteiger partial charge in [0.05, 0.1) is 18.5 Å². The second-order valence-electron chi connectivity index (χ2n) is 8.10. The number of amides is 1. The van der Waals surface area contributed by atoms with E-state index in [1.807, 2.05) is 36.5 Å². The predicted molar refractivity (Wildman–Crippen MR) is 123 cm³/mol. The zero-order valence-corrected chi connectivity index (χ0v) is 18.3. The number of hydrogen-bond donors (Lipinski definition) is 2. The molecule has 0 radical (unpaired) electrons. The lowest BCUT2D eigenvalue weighted by atomic mass is 9.85. The zero-order chi connectivity index (χ0) is 22.0. The maximum atomic E-state index is 11.6. The first kappa shape index (κ1) is 20.9. The molecule has 1 aliphatic rings. The monoisotopic (exact) mass is 419 g/mol. The third-order valence-electron chi connectivity index (χ3n) is 6.05. The van der Waals surface area contributed by atoms with Gasteiger partial charge in [0, 0.05) is 36.3 Å². The van der Waals surface area contributed by atoms with E-state index in [0.717, 1.165) is 65.7 Å². The summed E-state index contributed by atoms with van der Waals surface area (Å²) >= 11 is 0. The van der Waals surface area contributed by atoms with Gasteiger partial charge in [-0.25, -0.2) is 9.98 Å². The second kappa shape index (κ2) is 8.79. The lowest BCUT2D eigenvalue weighted by Crippen LogP contribution is -2.37. The molecule has 2 aromatic heterocycles. The van der Waals surface area contributed by atoms with Gasteiger partial charge < -0.3 is 15.0 Å². The maximum absolute atomic E-state index is 11.6. The molecule has 2 unspecified atom stereocenters. The highest BCUT2D eigenvalue weighted by atomic mass is 16.5. The minimum Gasteiger partial charge on any atom is -0.497 e. The quantitative estimate of drug-likeness (QED) is 0.569. The number of aromatic nitrogens is 3. The number of hydrogen-bond acceptors (Lipinski definition) is 4. The number of carbonyl (C=O) groups excluding carboxylic acids is 1. The summed E-state index contributed by atoms with van der Waals surface area (Å²) in [5, 5.41) is 3.10. The van der Waals surface area contributed by atoms with E-state index in [1.54, 1.807) is 14.0 Å². The summed E-state index contributed by atoms with van der Waals surface area (Å²) in [6.45, 7) is 7.38. The van der Waals surface area contributed by atoms with E-state index in [4.69, 9.17) is 9.72 Å². The van der Waals surface area contributed by atoms with Crippen LogP contribution in [0.25, 0.3) is 16.9 Å². The Labute approximate surface area is 182 Å². The van der Waals surface area contributed by atoms with Crippen molar-refractivity contribution in [2.24, 2.45) is 4.99 Å². The highest BCUT2D eigenvalue weighted by Crippen LogP contribution is 2.38. The van der Waals surface area contributed by atoms with Crippen LogP contribution in [0.15, 0.2) is 41.5 Å². The SMILES string of the molecule is C=Nc1[nH]ccc1-n1c(C2CCCC(NC(C)=O)C2)nc(-c2ccc(OC)cc2)c1C. The Morgan fingerprint density at radius 2 is 2.06 bits per heavy atom. The molecule has 2 atom stereocenters. The van der Waals surface area contributed by atoms with Gasteiger partial charge in [-0.15, -0.1) is 0 Å². The van der Waals surface area contributed by atoms with Crippen LogP contribution in [0.3, 0.4) is 0 Å². The average molecular weight is 420 g/mol. The van der Waals surface area contributed by atoms with Gasteiger partial charge in [0.15, 0.2) is 5.82 Å². The third-order valence-corrected chi connectivity index (χ3v) is 6.05. The van der Waals surface area contributed by atoms with Gasteiger partial charge in [-0.2, -0.15) is 0 Å². The third kappa shape index (κ3) is 4.13. The maximum Gasteiger partial charge on any atom is 0.217 e. The van der Waals surface area contributed by atoms with E-state index in [9.17, 15) is 4.79 Å². The Morgan fingerprint density at radius 1 is 1.29 bits per heavy atom. The van der Waals surface area contributed by atoms with Crippen LogP contribution in [0, 0.1) is 6.92 Å². The normalized spacial score (nSPS) is 18.5. The molecule has 0 saturated heterocycles. The zero-order valence-electron chi connectivity index (χ0n) is 18.3. The molecular weight excluding hydrogens is 390 g/mol. The molecular formula is C24H29N5O2. The van der Waals surface area contributed by atoms with Crippen molar-refractivity contribution in [3.63, 3.8) is 0 Å². The van der Waals surface area contributed by atoms with Gasteiger partial charge in [0.25, 0.3) is 0 Å². The van der Waals surface area contributed by atoms with E-state index >= 15 is 0 Å². The lowest BCUT2D eigenvalue weighted by Gasteiger charge is -2.29. The summed E-state index contributed by atoms with van der Waals surface area (Å²) in [6.07, 6.45) is 5.84. The van der Waals surface area contributed by atoms with Crippen LogP contribution >= 0.6 is 0 Å². The number of aliphatic imine (C=N–C) groups is 1. The molecule has 1 saturated carbocycles. The Kier molecular flexibility index (Phi) is 5.93. The summed E-state index contributed by atoms with van der Waals surface area (Å²) in [4.78, 5) is 24.1. The molecule has 0 aliphatic heterocycles. The first-order valence-corrected chi connectivity index (χ1v) is 10.7. The van der Waals surface area contributed by atoms with Crippen LogP contribution in [0.1, 0.15) is 50.0 Å². The summed E-state index contributed by atoms with van der Waals surface area (Å²) in [5.41, 5.74) is 3.97. The number of nitrogens with one attached hydrogen (secondary N) is 2. The smallest absolute Gasteiger partial charge is 0.217 e. The average Bonchev–Trinajstić information content (AvgIpc) is 3.37. The van der Waals surface area contributed by atoms with Gasteiger partial charge in [0.2, 0.25) is 5.91 Å². The summed E-state index contributed by atoms with van der Waals surface area (Å²) in [7, 11) is 1.66. The minimum absolute atomic E-state index is 0.0212. The van der Waals surface area contributed by atoms with Crippen molar-refractivity contribution in [2.75, 3.05) is 7.11 Å². The van der Waals surface area contributed by atoms with Crippen molar-refractivity contribution in [1.29, 1.82) is 0 Å². The second-order valence-corrected chi connectivity index (χ2v) is 8.10. The van der Waals surface area contributed by atoms with Crippen molar-refractivity contribution in [3.05, 3.63) is 48.0 Å². The number of H-pyrrole nitrogens is 1. The van der Waals surface area contributed by atoms with Crippen molar-refractivity contribution in [2.45, 2.75) is 51.5 Å². The van der Waals surface area contributed by atoms with E-state index < -0.39 is 0 Å². The first-order chi connectivity index (χ1) is 15.0. The highest BCUT2D eigenvalue weighted by molar-refractivity contribution is 5.73. The number of ether oxygens (including phenoxy) is 1. The summed E-state index contributed by atoms with van der Waals surface area (Å²) in [6, 6.07) is 10.2. The largest absolute Gasteiger partial charge is 0.497 e. The molecule has 7 nitrogen and oxygen atoms in total. The fourth-order valence-electron chi connectivity index (χ4n) is 4.63. The number of methoxy groups -OCH3 is 1. The molecule has 0 spiro atoms. The topological polar surface area (TPSA) is 84.3 Å². The number of benzene rings is 1. The molecule has 3 aromatic rings. The molecule has 162 valence electrons. The molecule has 31 heavy (non-hydrogen) atoms. The van der Waals surface area contributed by atoms with E-state index in [0.29, 0.717) is 0 Å². The van der Waals surface area contributed by atoms with Crippen LogP contribution < -0.4 is 10.1 Å². The van der Waals surface area contributed by atoms with Gasteiger partial charge in [0.1, 0.15) is 11.6 Å². The Balaban J connectivity index is 1.81. The lowest BCUT2D eigenvalue weighted by molar-refractivity contribution is -0.119. The van der Waals surface area contributed by atoms with Gasteiger partial charge in [-0.1, -0.05) is 6.42 Å². The molecule has 7 heteroatoms. The predicted octanol–water partition coefficient (Wildman–Crippen LogP) is 4.68. The van der Waals surface area contributed by atoms with Gasteiger partial charge in [-0.3, -0.25) is 9.36 Å². The number of nitrogens with zero attached hydrogens (tertiary/aromatic N) is 3. The minimum atomic E-state index is 0.0212. The molecule has 1 fully saturated rings. The Bertz CT molecular complexity index is 1080. The summed E-state index contributed by atoms with van der Waals surface area (Å²) in [5.74, 6) is 2.80. The van der Waals surface area contributed by atoms with Gasteiger partial charge in [-0.05, 0) is 63.2 Å².